The first-order chi connectivity index (χ1) is 6.46. The predicted octanol–water partition coefficient (Wildman–Crippen LogP) is 0.263. The largest absolute Gasteiger partial charge is 0.479 e. The van der Waals surface area contributed by atoms with Crippen molar-refractivity contribution >= 4 is 5.97 Å². The van der Waals surface area contributed by atoms with E-state index < -0.39 is 23.5 Å². The fraction of sp³-hybridized carbons (Fsp3) is 0.500. The van der Waals surface area contributed by atoms with Crippen LogP contribution in [0.1, 0.15) is 13.8 Å². The van der Waals surface area contributed by atoms with E-state index in [4.69, 9.17) is 14.6 Å². The van der Waals surface area contributed by atoms with Crippen LogP contribution in [-0.2, 0) is 14.3 Å². The molecule has 84 valence electrons. The summed E-state index contributed by atoms with van der Waals surface area (Å²) < 4.78 is 10.9. The molecule has 0 aromatic carbocycles. The number of allylic oxidation sites excluding steroid dienone is 2. The summed E-state index contributed by atoms with van der Waals surface area (Å²) in [5, 5.41) is 9.14. The highest BCUT2D eigenvalue weighted by Crippen LogP contribution is 2.39. The first-order valence-electron chi connectivity index (χ1n) is 4.44. The monoisotopic (exact) mass is 214 g/mol. The molecule has 0 amide bonds. The van der Waals surface area contributed by atoms with Crippen molar-refractivity contribution in [1.29, 1.82) is 0 Å². The number of carboxylic acids is 1. The number of fused-ring (bicyclic) bond motifs is 1. The maximum absolute atomic E-state index is 11.2. The molecular formula is C10H14O5. The number of carbonyl (C=O) groups is 1. The third kappa shape index (κ3) is 1.69. The van der Waals surface area contributed by atoms with Crippen LogP contribution in [0.25, 0.3) is 0 Å². The molecule has 5 nitrogen and oxygen atoms in total. The van der Waals surface area contributed by atoms with E-state index in [1.165, 1.54) is 6.08 Å². The zero-order chi connectivity index (χ0) is 10.4. The summed E-state index contributed by atoms with van der Waals surface area (Å²) in [4.78, 5) is 11.2. The van der Waals surface area contributed by atoms with Crippen molar-refractivity contribution in [3.05, 3.63) is 24.3 Å². The average molecular weight is 214 g/mol. The van der Waals surface area contributed by atoms with Gasteiger partial charge < -0.3 is 20.1 Å². The Morgan fingerprint density at radius 1 is 1.40 bits per heavy atom. The number of hydrogen-bond donors (Lipinski definition) is 1. The number of rotatable bonds is 1. The summed E-state index contributed by atoms with van der Waals surface area (Å²) in [6, 6.07) is 0. The van der Waals surface area contributed by atoms with Gasteiger partial charge in [0, 0.05) is 0 Å². The second-order valence-corrected chi connectivity index (χ2v) is 3.88. The Balaban J connectivity index is 0.00000112. The lowest BCUT2D eigenvalue weighted by molar-refractivity contribution is -0.177. The van der Waals surface area contributed by atoms with E-state index in [9.17, 15) is 4.79 Å². The van der Waals surface area contributed by atoms with Gasteiger partial charge in [-0.3, -0.25) is 0 Å². The predicted molar refractivity (Wildman–Crippen MR) is 52.3 cm³/mol. The van der Waals surface area contributed by atoms with E-state index in [0.29, 0.717) is 0 Å². The van der Waals surface area contributed by atoms with E-state index >= 15 is 0 Å². The fourth-order valence-electron chi connectivity index (χ4n) is 1.79. The van der Waals surface area contributed by atoms with E-state index in [1.54, 1.807) is 32.1 Å². The average Bonchev–Trinajstić information content (AvgIpc) is 2.35. The first-order valence-corrected chi connectivity index (χ1v) is 4.44. The third-order valence-corrected chi connectivity index (χ3v) is 2.32. The second kappa shape index (κ2) is 3.44. The lowest BCUT2D eigenvalue weighted by Crippen LogP contribution is -2.46. The highest BCUT2D eigenvalue weighted by atomic mass is 16.8. The molecule has 2 atom stereocenters. The lowest BCUT2D eigenvalue weighted by atomic mass is 9.93. The van der Waals surface area contributed by atoms with Crippen LogP contribution in [0.3, 0.4) is 0 Å². The number of ether oxygens (including phenoxy) is 2. The van der Waals surface area contributed by atoms with Crippen LogP contribution in [0.4, 0.5) is 0 Å². The molecule has 15 heavy (non-hydrogen) atoms. The molecule has 3 N–H and O–H groups in total. The molecule has 0 radical (unpaired) electrons. The van der Waals surface area contributed by atoms with Gasteiger partial charge in [-0.2, -0.15) is 0 Å². The van der Waals surface area contributed by atoms with Crippen molar-refractivity contribution in [2.24, 2.45) is 0 Å². The van der Waals surface area contributed by atoms with E-state index in [0.717, 1.165) is 0 Å². The summed E-state index contributed by atoms with van der Waals surface area (Å²) in [6.07, 6.45) is 6.10. The molecule has 1 saturated heterocycles. The Morgan fingerprint density at radius 3 is 2.60 bits per heavy atom. The van der Waals surface area contributed by atoms with Gasteiger partial charge in [-0.1, -0.05) is 18.2 Å². The van der Waals surface area contributed by atoms with Crippen LogP contribution in [0.15, 0.2) is 24.3 Å². The van der Waals surface area contributed by atoms with Crippen molar-refractivity contribution in [3.63, 3.8) is 0 Å². The Bertz CT molecular complexity index is 331. The molecule has 0 saturated carbocycles. The van der Waals surface area contributed by atoms with Crippen LogP contribution >= 0.6 is 0 Å². The van der Waals surface area contributed by atoms with Gasteiger partial charge in [-0.25, -0.2) is 4.79 Å². The maximum Gasteiger partial charge on any atom is 0.343 e. The van der Waals surface area contributed by atoms with Gasteiger partial charge in [0.25, 0.3) is 0 Å². The van der Waals surface area contributed by atoms with E-state index in [1.807, 2.05) is 0 Å². The van der Waals surface area contributed by atoms with Crippen molar-refractivity contribution in [3.8, 4) is 0 Å². The normalized spacial score (nSPS) is 35.7. The second-order valence-electron chi connectivity index (χ2n) is 3.88. The van der Waals surface area contributed by atoms with Crippen LogP contribution in [0.5, 0.6) is 0 Å². The quantitative estimate of drug-likeness (QED) is 0.678. The Labute approximate surface area is 87.3 Å². The number of hydrogen-bond acceptors (Lipinski definition) is 3. The van der Waals surface area contributed by atoms with Gasteiger partial charge in [0.1, 0.15) is 6.10 Å². The number of carboxylic acid groups (broad SMARTS) is 1. The highest BCUT2D eigenvalue weighted by Gasteiger charge is 2.56. The Kier molecular flexibility index (Phi) is 2.73. The lowest BCUT2D eigenvalue weighted by Gasteiger charge is -2.25. The van der Waals surface area contributed by atoms with Crippen LogP contribution in [0, 0.1) is 0 Å². The summed E-state index contributed by atoms with van der Waals surface area (Å²) in [5.74, 6) is -1.88. The summed E-state index contributed by atoms with van der Waals surface area (Å²) in [7, 11) is 0. The standard InChI is InChI=1S/C10H12O4.H2O/c1-9(2)13-7-5-3-4-6-10(7,14-9)8(11)12;/h3-7H,1-2H3,(H,11,12);1H2/t7-,10+;/m1./s1. The molecule has 1 heterocycles. The molecule has 0 unspecified atom stereocenters. The van der Waals surface area contributed by atoms with Gasteiger partial charge >= 0.3 is 5.97 Å². The van der Waals surface area contributed by atoms with Crippen molar-refractivity contribution in [1.82, 2.24) is 0 Å². The van der Waals surface area contributed by atoms with E-state index in [-0.39, 0.29) is 5.48 Å². The van der Waals surface area contributed by atoms with Crippen molar-refractivity contribution in [2.75, 3.05) is 0 Å². The van der Waals surface area contributed by atoms with E-state index in [2.05, 4.69) is 0 Å². The molecule has 1 aliphatic heterocycles. The van der Waals surface area contributed by atoms with Gasteiger partial charge in [-0.15, -0.1) is 0 Å². The summed E-state index contributed by atoms with van der Waals surface area (Å²) in [5.41, 5.74) is -1.35. The molecule has 0 bridgehead atoms. The van der Waals surface area contributed by atoms with Gasteiger partial charge in [0.15, 0.2) is 5.79 Å². The van der Waals surface area contributed by atoms with Gasteiger partial charge in [0.05, 0.1) is 0 Å². The molecule has 0 aromatic heterocycles. The molecule has 2 aliphatic rings. The summed E-state index contributed by atoms with van der Waals surface area (Å²) in [6.45, 7) is 3.41. The van der Waals surface area contributed by atoms with Gasteiger partial charge in [-0.05, 0) is 19.9 Å². The zero-order valence-corrected chi connectivity index (χ0v) is 8.56. The molecule has 2 rings (SSSR count). The maximum atomic E-state index is 11.2. The van der Waals surface area contributed by atoms with Crippen molar-refractivity contribution < 1.29 is 24.9 Å². The Hall–Kier alpha value is -1.17. The smallest absolute Gasteiger partial charge is 0.343 e. The highest BCUT2D eigenvalue weighted by molar-refractivity contribution is 5.82. The minimum absolute atomic E-state index is 0. The SMILES string of the molecule is CC1(C)O[C@@H]2C=CC=C[C@]2(C(=O)O)O1.O. The topological polar surface area (TPSA) is 87.3 Å². The molecule has 5 heteroatoms. The van der Waals surface area contributed by atoms with Gasteiger partial charge in [0.2, 0.25) is 5.60 Å². The molecular weight excluding hydrogens is 200 g/mol. The first kappa shape index (κ1) is 11.9. The minimum atomic E-state index is -1.35. The van der Waals surface area contributed by atoms with Crippen LogP contribution in [-0.4, -0.2) is 34.0 Å². The molecule has 0 aromatic rings. The zero-order valence-electron chi connectivity index (χ0n) is 8.56. The molecule has 0 spiro atoms. The van der Waals surface area contributed by atoms with Crippen LogP contribution in [0.2, 0.25) is 0 Å². The van der Waals surface area contributed by atoms with Crippen molar-refractivity contribution in [2.45, 2.75) is 31.3 Å². The van der Waals surface area contributed by atoms with Crippen LogP contribution < -0.4 is 0 Å². The molecule has 1 aliphatic carbocycles. The Morgan fingerprint density at radius 2 is 2.07 bits per heavy atom. The fourth-order valence-corrected chi connectivity index (χ4v) is 1.79. The summed E-state index contributed by atoms with van der Waals surface area (Å²) >= 11 is 0. The number of aliphatic carboxylic acids is 1. The third-order valence-electron chi connectivity index (χ3n) is 2.32. The minimum Gasteiger partial charge on any atom is -0.479 e. The molecule has 1 fully saturated rings.